The molecule has 8 heteroatoms. The number of halogens is 1. The molecule has 1 rings (SSSR count). The number of alkyl halides is 1. The Morgan fingerprint density at radius 3 is 3.12 bits per heavy atom. The van der Waals surface area contributed by atoms with E-state index in [9.17, 15) is 9.18 Å². The van der Waals surface area contributed by atoms with Crippen LogP contribution in [0.25, 0.3) is 10.4 Å². The zero-order chi connectivity index (χ0) is 12.0. The van der Waals surface area contributed by atoms with E-state index in [0.717, 1.165) is 0 Å². The van der Waals surface area contributed by atoms with Crippen molar-refractivity contribution in [1.29, 1.82) is 0 Å². The Balaban J connectivity index is 2.26. The quantitative estimate of drug-likeness (QED) is 0.300. The van der Waals surface area contributed by atoms with E-state index in [0.29, 0.717) is 0 Å². The van der Waals surface area contributed by atoms with Crippen LogP contribution in [0, 0.1) is 0 Å². The summed E-state index contributed by atoms with van der Waals surface area (Å²) < 4.78 is 18.9. The number of nitrogens with one attached hydrogen (secondary N) is 1. The minimum absolute atomic E-state index is 0.0362. The summed E-state index contributed by atoms with van der Waals surface area (Å²) in [5, 5.41) is 14.4. The van der Waals surface area contributed by atoms with E-state index < -0.39 is 17.7 Å². The van der Waals surface area contributed by atoms with Gasteiger partial charge in [0.1, 0.15) is 11.7 Å². The van der Waals surface area contributed by atoms with Gasteiger partial charge in [-0.1, -0.05) is 5.11 Å². The van der Waals surface area contributed by atoms with Crippen molar-refractivity contribution in [1.82, 2.24) is 5.32 Å². The van der Waals surface area contributed by atoms with Gasteiger partial charge in [-0.25, -0.2) is 4.39 Å². The fourth-order valence-corrected chi connectivity index (χ4v) is 1.51. The third-order valence-corrected chi connectivity index (χ3v) is 2.29. The van der Waals surface area contributed by atoms with Gasteiger partial charge >= 0.3 is 5.97 Å². The van der Waals surface area contributed by atoms with Crippen molar-refractivity contribution in [2.24, 2.45) is 5.11 Å². The van der Waals surface area contributed by atoms with E-state index >= 15 is 0 Å². The molecule has 2 atom stereocenters. The first-order chi connectivity index (χ1) is 7.57. The van der Waals surface area contributed by atoms with Gasteiger partial charge in [-0.3, -0.25) is 4.79 Å². The number of azide groups is 1. The van der Waals surface area contributed by atoms with Crippen LogP contribution in [0.4, 0.5) is 4.39 Å². The fourth-order valence-electron chi connectivity index (χ4n) is 1.51. The van der Waals surface area contributed by atoms with Gasteiger partial charge in [0.25, 0.3) is 0 Å². The molecule has 0 saturated carbocycles. The van der Waals surface area contributed by atoms with Crippen molar-refractivity contribution in [3.05, 3.63) is 10.4 Å². The van der Waals surface area contributed by atoms with Gasteiger partial charge in [-0.2, -0.15) is 0 Å². The maximum atomic E-state index is 13.9. The number of hydrogen-bond acceptors (Lipinski definition) is 4. The van der Waals surface area contributed by atoms with E-state index in [1.165, 1.54) is 0 Å². The lowest BCUT2D eigenvalue weighted by Gasteiger charge is -2.17. The summed E-state index contributed by atoms with van der Waals surface area (Å²) in [5.74, 6) is -1.06. The Kier molecular flexibility index (Phi) is 4.48. The summed E-state index contributed by atoms with van der Waals surface area (Å²) in [5.41, 5.74) is 6.32. The molecule has 0 bridgehead atoms. The molecular weight excluding hydrogens is 219 g/mol. The monoisotopic (exact) mass is 232 g/mol. The Morgan fingerprint density at radius 2 is 2.56 bits per heavy atom. The second kappa shape index (κ2) is 5.64. The molecule has 16 heavy (non-hydrogen) atoms. The van der Waals surface area contributed by atoms with Crippen LogP contribution < -0.4 is 5.32 Å². The van der Waals surface area contributed by atoms with Gasteiger partial charge in [0.2, 0.25) is 0 Å². The molecule has 1 fully saturated rings. The zero-order valence-electron chi connectivity index (χ0n) is 8.60. The number of ether oxygens (including phenoxy) is 1. The predicted molar refractivity (Wildman–Crippen MR) is 52.7 cm³/mol. The van der Waals surface area contributed by atoms with Crippen molar-refractivity contribution in [2.75, 3.05) is 26.3 Å². The smallest absolute Gasteiger partial charge is 0.320 e. The summed E-state index contributed by atoms with van der Waals surface area (Å²) in [6.07, 6.45) is -0.107. The maximum absolute atomic E-state index is 13.9. The van der Waals surface area contributed by atoms with Gasteiger partial charge in [0.15, 0.2) is 0 Å². The lowest BCUT2D eigenvalue weighted by molar-refractivity contribution is -0.139. The Morgan fingerprint density at radius 1 is 1.81 bits per heavy atom. The molecule has 0 spiro atoms. The fraction of sp³-hybridized carbons (Fsp3) is 0.875. The number of carboxylic acids is 1. The standard InChI is InChI=1S/C8H13FN4O3/c9-8(5-16-2-1-12-13-10)3-6(7(14)15)11-4-8/h6,11H,1-5H2,(H,14,15). The molecule has 0 aromatic rings. The van der Waals surface area contributed by atoms with Crippen molar-refractivity contribution in [2.45, 2.75) is 18.1 Å². The Bertz CT molecular complexity index is 308. The molecule has 0 radical (unpaired) electrons. The third-order valence-electron chi connectivity index (χ3n) is 2.29. The van der Waals surface area contributed by atoms with Crippen molar-refractivity contribution < 1.29 is 19.0 Å². The number of carbonyl (C=O) groups is 1. The highest BCUT2D eigenvalue weighted by Gasteiger charge is 2.42. The van der Waals surface area contributed by atoms with Gasteiger partial charge < -0.3 is 15.2 Å². The topological polar surface area (TPSA) is 107 Å². The number of carboxylic acid groups (broad SMARTS) is 1. The first kappa shape index (κ1) is 12.7. The number of rotatable bonds is 6. The number of aliphatic carboxylic acids is 1. The highest BCUT2D eigenvalue weighted by atomic mass is 19.1. The van der Waals surface area contributed by atoms with Crippen LogP contribution in [0.5, 0.6) is 0 Å². The molecule has 0 aliphatic carbocycles. The third kappa shape index (κ3) is 3.65. The summed E-state index contributed by atoms with van der Waals surface area (Å²) in [6, 6.07) is -0.856. The zero-order valence-corrected chi connectivity index (χ0v) is 8.60. The van der Waals surface area contributed by atoms with Gasteiger partial charge in [0, 0.05) is 24.4 Å². The average Bonchev–Trinajstić information content (AvgIpc) is 2.61. The molecule has 90 valence electrons. The van der Waals surface area contributed by atoms with Crippen LogP contribution >= 0.6 is 0 Å². The van der Waals surface area contributed by atoms with E-state index in [4.69, 9.17) is 15.4 Å². The Hall–Kier alpha value is -1.37. The second-order valence-electron chi connectivity index (χ2n) is 3.63. The molecule has 1 aliphatic rings. The average molecular weight is 232 g/mol. The largest absolute Gasteiger partial charge is 0.480 e. The minimum atomic E-state index is -1.65. The molecule has 0 aromatic heterocycles. The highest BCUT2D eigenvalue weighted by molar-refractivity contribution is 5.74. The summed E-state index contributed by atoms with van der Waals surface area (Å²) >= 11 is 0. The van der Waals surface area contributed by atoms with Crippen LogP contribution in [0.15, 0.2) is 5.11 Å². The molecule has 7 nitrogen and oxygen atoms in total. The molecule has 0 aromatic carbocycles. The van der Waals surface area contributed by atoms with Gasteiger partial charge in [-0.05, 0) is 5.53 Å². The second-order valence-corrected chi connectivity index (χ2v) is 3.63. The minimum Gasteiger partial charge on any atom is -0.480 e. The van der Waals surface area contributed by atoms with Crippen molar-refractivity contribution in [3.8, 4) is 0 Å². The van der Waals surface area contributed by atoms with Crippen LogP contribution in [0.1, 0.15) is 6.42 Å². The molecule has 2 unspecified atom stereocenters. The molecule has 1 heterocycles. The van der Waals surface area contributed by atoms with E-state index in [-0.39, 0.29) is 32.7 Å². The molecular formula is C8H13FN4O3. The van der Waals surface area contributed by atoms with E-state index in [2.05, 4.69) is 15.3 Å². The normalized spacial score (nSPS) is 28.7. The predicted octanol–water partition coefficient (Wildman–Crippen LogP) is 0.468. The number of hydrogen-bond donors (Lipinski definition) is 2. The SMILES string of the molecule is [N-]=[N+]=NCCOCC1(F)CNC(C(=O)O)C1. The molecule has 0 amide bonds. The van der Waals surface area contributed by atoms with Crippen LogP contribution in [-0.2, 0) is 9.53 Å². The van der Waals surface area contributed by atoms with Crippen LogP contribution in [-0.4, -0.2) is 49.1 Å². The highest BCUT2D eigenvalue weighted by Crippen LogP contribution is 2.24. The van der Waals surface area contributed by atoms with Gasteiger partial charge in [-0.15, -0.1) is 0 Å². The maximum Gasteiger partial charge on any atom is 0.320 e. The first-order valence-electron chi connectivity index (χ1n) is 4.81. The van der Waals surface area contributed by atoms with E-state index in [1.54, 1.807) is 0 Å². The summed E-state index contributed by atoms with van der Waals surface area (Å²) in [7, 11) is 0. The van der Waals surface area contributed by atoms with Crippen molar-refractivity contribution >= 4 is 5.97 Å². The first-order valence-corrected chi connectivity index (χ1v) is 4.81. The van der Waals surface area contributed by atoms with Crippen LogP contribution in [0.3, 0.4) is 0 Å². The summed E-state index contributed by atoms with van der Waals surface area (Å²) in [4.78, 5) is 13.1. The van der Waals surface area contributed by atoms with E-state index in [1.807, 2.05) is 0 Å². The molecule has 2 N–H and O–H groups in total. The van der Waals surface area contributed by atoms with Gasteiger partial charge in [0.05, 0.1) is 13.2 Å². The molecule has 1 aliphatic heterocycles. The van der Waals surface area contributed by atoms with Crippen molar-refractivity contribution in [3.63, 3.8) is 0 Å². The lowest BCUT2D eigenvalue weighted by Crippen LogP contribution is -2.32. The van der Waals surface area contributed by atoms with Crippen LogP contribution in [0.2, 0.25) is 0 Å². The summed E-state index contributed by atoms with van der Waals surface area (Å²) in [6.45, 7) is 0.0477. The molecule has 1 saturated heterocycles. The lowest BCUT2D eigenvalue weighted by atomic mass is 10.0. The Labute approximate surface area is 91.2 Å². The number of nitrogens with zero attached hydrogens (tertiary/aromatic N) is 3.